The molecule has 0 spiro atoms. The molecule has 0 aliphatic rings. The molecule has 0 saturated carbocycles. The molecule has 0 atom stereocenters. The van der Waals surface area contributed by atoms with Crippen LogP contribution in [-0.4, -0.2) is 51.8 Å². The van der Waals surface area contributed by atoms with Gasteiger partial charge in [0.2, 0.25) is 0 Å². The lowest BCUT2D eigenvalue weighted by atomic mass is 10.2. The molecule has 0 heterocycles. The molecule has 0 rings (SSSR count). The van der Waals surface area contributed by atoms with Crippen molar-refractivity contribution in [3.05, 3.63) is 0 Å². The molecule has 0 aromatic rings. The summed E-state index contributed by atoms with van der Waals surface area (Å²) in [4.78, 5) is 2.33. The first-order valence-corrected chi connectivity index (χ1v) is 6.05. The van der Waals surface area contributed by atoms with E-state index < -0.39 is 0 Å². The molecule has 15 heavy (non-hydrogen) atoms. The Bertz CT molecular complexity index is 129. The van der Waals surface area contributed by atoms with Crippen molar-refractivity contribution in [1.29, 1.82) is 0 Å². The highest BCUT2D eigenvalue weighted by molar-refractivity contribution is 4.55. The maximum absolute atomic E-state index is 5.03. The molecule has 0 saturated heterocycles. The quantitative estimate of drug-likeness (QED) is 0.561. The first-order chi connectivity index (χ1) is 7.16. The summed E-state index contributed by atoms with van der Waals surface area (Å²) < 4.78 is 5.03. The average molecular weight is 216 g/mol. The predicted octanol–water partition coefficient (Wildman–Crippen LogP) is 1.59. The van der Waals surface area contributed by atoms with Crippen LogP contribution in [0, 0.1) is 5.92 Å². The average Bonchev–Trinajstić information content (AvgIpc) is 2.19. The summed E-state index contributed by atoms with van der Waals surface area (Å²) in [6.45, 7) is 9.82. The van der Waals surface area contributed by atoms with E-state index in [1.807, 2.05) is 0 Å². The third-order valence-corrected chi connectivity index (χ3v) is 2.37. The second-order valence-electron chi connectivity index (χ2n) is 4.60. The molecular formula is C12H28N2O. The van der Waals surface area contributed by atoms with Gasteiger partial charge < -0.3 is 15.0 Å². The van der Waals surface area contributed by atoms with Crippen molar-refractivity contribution in [3.63, 3.8) is 0 Å². The third kappa shape index (κ3) is 11.8. The number of nitrogens with zero attached hydrogens (tertiary/aromatic N) is 1. The van der Waals surface area contributed by atoms with Crippen molar-refractivity contribution in [1.82, 2.24) is 10.2 Å². The lowest BCUT2D eigenvalue weighted by Crippen LogP contribution is -2.25. The molecule has 0 aliphatic carbocycles. The highest BCUT2D eigenvalue weighted by Gasteiger charge is 1.97. The van der Waals surface area contributed by atoms with Gasteiger partial charge in [0.1, 0.15) is 0 Å². The summed E-state index contributed by atoms with van der Waals surface area (Å²) in [7, 11) is 3.91. The summed E-state index contributed by atoms with van der Waals surface area (Å²) in [5.41, 5.74) is 0. The number of hydrogen-bond donors (Lipinski definition) is 1. The molecule has 0 aliphatic heterocycles. The van der Waals surface area contributed by atoms with Crippen molar-refractivity contribution in [3.8, 4) is 0 Å². The number of unbranched alkanes of at least 4 members (excludes halogenated alkanes) is 1. The van der Waals surface area contributed by atoms with Gasteiger partial charge >= 0.3 is 0 Å². The monoisotopic (exact) mass is 216 g/mol. The van der Waals surface area contributed by atoms with Crippen molar-refractivity contribution < 1.29 is 4.74 Å². The first kappa shape index (κ1) is 14.9. The Hall–Kier alpha value is -0.120. The van der Waals surface area contributed by atoms with Crippen LogP contribution in [0.2, 0.25) is 0 Å². The molecule has 0 unspecified atom stereocenters. The van der Waals surface area contributed by atoms with Gasteiger partial charge in [-0.2, -0.15) is 0 Å². The normalized spacial score (nSPS) is 11.6. The zero-order valence-electron chi connectivity index (χ0n) is 10.9. The molecule has 0 bridgehead atoms. The smallest absolute Gasteiger partial charge is 0.0589 e. The molecule has 0 fully saturated rings. The summed E-state index contributed by atoms with van der Waals surface area (Å²) in [6, 6.07) is 0. The van der Waals surface area contributed by atoms with Crippen molar-refractivity contribution in [2.24, 2.45) is 5.92 Å². The van der Waals surface area contributed by atoms with E-state index in [2.05, 4.69) is 31.1 Å². The number of nitrogens with one attached hydrogen (secondary N) is 1. The van der Waals surface area contributed by atoms with Gasteiger partial charge in [-0.05, 0) is 45.4 Å². The zero-order chi connectivity index (χ0) is 11.5. The van der Waals surface area contributed by atoms with Gasteiger partial charge in [-0.1, -0.05) is 13.8 Å². The lowest BCUT2D eigenvalue weighted by molar-refractivity contribution is 0.160. The lowest BCUT2D eigenvalue weighted by Gasteiger charge is -2.15. The third-order valence-electron chi connectivity index (χ3n) is 2.37. The van der Waals surface area contributed by atoms with Gasteiger partial charge in [-0.25, -0.2) is 0 Å². The van der Waals surface area contributed by atoms with E-state index >= 15 is 0 Å². The highest BCUT2D eigenvalue weighted by atomic mass is 16.5. The van der Waals surface area contributed by atoms with Gasteiger partial charge in [0, 0.05) is 13.7 Å². The Labute approximate surface area is 95.2 Å². The maximum Gasteiger partial charge on any atom is 0.0589 e. The standard InChI is InChI=1S/C12H28N2O/c1-12(2)11-13-7-5-6-8-14(3)9-10-15-4/h12-13H,5-11H2,1-4H3. The van der Waals surface area contributed by atoms with Crippen LogP contribution in [-0.2, 0) is 4.74 Å². The molecule has 0 aromatic heterocycles. The molecule has 0 radical (unpaired) electrons. The van der Waals surface area contributed by atoms with Crippen LogP contribution in [0.1, 0.15) is 26.7 Å². The molecule has 1 N–H and O–H groups in total. The second kappa shape index (κ2) is 10.4. The largest absolute Gasteiger partial charge is 0.383 e. The van der Waals surface area contributed by atoms with Crippen LogP contribution >= 0.6 is 0 Å². The fourth-order valence-electron chi connectivity index (χ4n) is 1.38. The summed E-state index contributed by atoms with van der Waals surface area (Å²) >= 11 is 0. The minimum atomic E-state index is 0.759. The highest BCUT2D eigenvalue weighted by Crippen LogP contribution is 1.93. The second-order valence-corrected chi connectivity index (χ2v) is 4.60. The minimum Gasteiger partial charge on any atom is -0.383 e. The van der Waals surface area contributed by atoms with Gasteiger partial charge in [-0.15, -0.1) is 0 Å². The van der Waals surface area contributed by atoms with Gasteiger partial charge in [-0.3, -0.25) is 0 Å². The molecule has 0 aromatic carbocycles. The molecule has 3 heteroatoms. The Kier molecular flexibility index (Phi) is 10.3. The van der Waals surface area contributed by atoms with Crippen LogP contribution in [0.3, 0.4) is 0 Å². The SMILES string of the molecule is COCCN(C)CCCCNCC(C)C. The fourth-order valence-corrected chi connectivity index (χ4v) is 1.38. The Morgan fingerprint density at radius 3 is 2.53 bits per heavy atom. The van der Waals surface area contributed by atoms with Crippen LogP contribution in [0.4, 0.5) is 0 Å². The topological polar surface area (TPSA) is 24.5 Å². The zero-order valence-corrected chi connectivity index (χ0v) is 10.9. The predicted molar refractivity (Wildman–Crippen MR) is 66.3 cm³/mol. The summed E-state index contributed by atoms with van der Waals surface area (Å²) in [5, 5.41) is 3.46. The summed E-state index contributed by atoms with van der Waals surface area (Å²) in [5.74, 6) is 0.759. The number of likely N-dealkylation sites (N-methyl/N-ethyl adjacent to an activating group) is 1. The number of hydrogen-bond acceptors (Lipinski definition) is 3. The van der Waals surface area contributed by atoms with Crippen molar-refractivity contribution >= 4 is 0 Å². The van der Waals surface area contributed by atoms with E-state index in [1.54, 1.807) is 7.11 Å². The summed E-state index contributed by atoms with van der Waals surface area (Å²) in [6.07, 6.45) is 2.54. The van der Waals surface area contributed by atoms with E-state index in [1.165, 1.54) is 19.4 Å². The van der Waals surface area contributed by atoms with E-state index in [0.717, 1.165) is 32.2 Å². The minimum absolute atomic E-state index is 0.759. The number of ether oxygens (including phenoxy) is 1. The van der Waals surface area contributed by atoms with Gasteiger partial charge in [0.15, 0.2) is 0 Å². The Morgan fingerprint density at radius 2 is 1.93 bits per heavy atom. The van der Waals surface area contributed by atoms with Crippen LogP contribution in [0.15, 0.2) is 0 Å². The van der Waals surface area contributed by atoms with E-state index in [0.29, 0.717) is 0 Å². The van der Waals surface area contributed by atoms with Crippen LogP contribution < -0.4 is 5.32 Å². The van der Waals surface area contributed by atoms with E-state index in [-0.39, 0.29) is 0 Å². The van der Waals surface area contributed by atoms with Gasteiger partial charge in [0.25, 0.3) is 0 Å². The molecule has 0 amide bonds. The Balaban J connectivity index is 3.09. The van der Waals surface area contributed by atoms with Crippen molar-refractivity contribution in [2.45, 2.75) is 26.7 Å². The van der Waals surface area contributed by atoms with E-state index in [4.69, 9.17) is 4.74 Å². The van der Waals surface area contributed by atoms with E-state index in [9.17, 15) is 0 Å². The number of methoxy groups -OCH3 is 1. The Morgan fingerprint density at radius 1 is 1.20 bits per heavy atom. The first-order valence-electron chi connectivity index (χ1n) is 6.05. The van der Waals surface area contributed by atoms with Crippen molar-refractivity contribution in [2.75, 3.05) is 46.9 Å². The molecular weight excluding hydrogens is 188 g/mol. The molecule has 92 valence electrons. The maximum atomic E-state index is 5.03. The fraction of sp³-hybridized carbons (Fsp3) is 1.00. The van der Waals surface area contributed by atoms with Crippen LogP contribution in [0.5, 0.6) is 0 Å². The molecule has 3 nitrogen and oxygen atoms in total. The number of rotatable bonds is 10. The van der Waals surface area contributed by atoms with Crippen LogP contribution in [0.25, 0.3) is 0 Å². The van der Waals surface area contributed by atoms with Gasteiger partial charge in [0.05, 0.1) is 6.61 Å².